The van der Waals surface area contributed by atoms with Crippen molar-refractivity contribution in [3.63, 3.8) is 0 Å². The van der Waals surface area contributed by atoms with Gasteiger partial charge >= 0.3 is 0 Å². The first kappa shape index (κ1) is 31.0. The molecule has 0 N–H and O–H groups in total. The molecule has 0 unspecified atom stereocenters. The summed E-state index contributed by atoms with van der Waals surface area (Å²) in [6.45, 7) is 5.01. The molecule has 0 atom stereocenters. The Hall–Kier alpha value is -6.62. The lowest BCUT2D eigenvalue weighted by molar-refractivity contribution is 1.15. The maximum Gasteiger partial charge on any atom is 0.113 e. The molecule has 4 heteroatoms. The summed E-state index contributed by atoms with van der Waals surface area (Å²) >= 11 is 0. The van der Waals surface area contributed by atoms with E-state index in [0.717, 1.165) is 28.4 Å². The average Bonchev–Trinajstić information content (AvgIpc) is 3.80. The lowest BCUT2D eigenvalue weighted by Crippen LogP contribution is -2.49. The first-order valence-electron chi connectivity index (χ1n) is 18.8. The van der Waals surface area contributed by atoms with Crippen molar-refractivity contribution in [1.29, 1.82) is 0 Å². The smallest absolute Gasteiger partial charge is 0.113 e. The molecule has 0 amide bonds. The molecule has 1 aliphatic rings. The number of fused-ring (bicyclic) bond motifs is 9. The van der Waals surface area contributed by atoms with Crippen LogP contribution < -0.4 is 15.3 Å². The van der Waals surface area contributed by atoms with Gasteiger partial charge in [0.05, 0.1) is 22.1 Å². The zero-order valence-corrected chi connectivity index (χ0v) is 31.2. The second-order valence-corrected chi connectivity index (χ2v) is 19.3. The van der Waals surface area contributed by atoms with Crippen molar-refractivity contribution < 1.29 is 0 Å². The second-order valence-electron chi connectivity index (χ2n) is 15.0. The fraction of sp³-hybridized carbons (Fsp3) is 0.0400. The molecule has 1 aliphatic heterocycles. The minimum absolute atomic E-state index is 1.12. The quantitative estimate of drug-likeness (QED) is 0.162. The molecule has 3 nitrogen and oxygen atoms in total. The first-order valence-corrected chi connectivity index (χ1v) is 21.8. The van der Waals surface area contributed by atoms with Gasteiger partial charge in [-0.25, -0.2) is 0 Å². The minimum Gasteiger partial charge on any atom is -0.310 e. The highest BCUT2D eigenvalue weighted by Gasteiger charge is 2.38. The van der Waals surface area contributed by atoms with Gasteiger partial charge in [-0.2, -0.15) is 0 Å². The Morgan fingerprint density at radius 1 is 0.352 bits per heavy atom. The Morgan fingerprint density at radius 2 is 0.926 bits per heavy atom. The van der Waals surface area contributed by atoms with Crippen molar-refractivity contribution in [3.05, 3.63) is 188 Å². The van der Waals surface area contributed by atoms with E-state index in [1.54, 1.807) is 0 Å². The van der Waals surface area contributed by atoms with E-state index >= 15 is 0 Å². The fourth-order valence-corrected chi connectivity index (χ4v) is 12.3. The minimum atomic E-state index is -1.83. The summed E-state index contributed by atoms with van der Waals surface area (Å²) in [5.41, 5.74) is 13.3. The van der Waals surface area contributed by atoms with Crippen LogP contribution in [0.5, 0.6) is 0 Å². The number of benzene rings is 8. The monoisotopic (exact) mass is 707 g/mol. The van der Waals surface area contributed by atoms with E-state index < -0.39 is 8.07 Å². The molecule has 0 fully saturated rings. The van der Waals surface area contributed by atoms with Crippen molar-refractivity contribution >= 4 is 79.1 Å². The van der Waals surface area contributed by atoms with Crippen LogP contribution in [0.15, 0.2) is 188 Å². The Balaban J connectivity index is 1.17. The van der Waals surface area contributed by atoms with Gasteiger partial charge in [-0.15, -0.1) is 0 Å². The van der Waals surface area contributed by atoms with Crippen LogP contribution in [0, 0.1) is 0 Å². The van der Waals surface area contributed by atoms with Crippen LogP contribution in [0.3, 0.4) is 0 Å². The van der Waals surface area contributed by atoms with Crippen molar-refractivity contribution in [3.8, 4) is 22.5 Å². The van der Waals surface area contributed by atoms with E-state index in [1.807, 2.05) is 0 Å². The zero-order valence-electron chi connectivity index (χ0n) is 30.2. The fourth-order valence-electron chi connectivity index (χ4n) is 9.17. The number of rotatable bonds is 5. The third-order valence-electron chi connectivity index (χ3n) is 11.7. The number of hydrogen-bond acceptors (Lipinski definition) is 1. The van der Waals surface area contributed by atoms with E-state index in [0.29, 0.717) is 0 Å². The molecule has 3 heterocycles. The molecule has 2 aromatic heterocycles. The summed E-state index contributed by atoms with van der Waals surface area (Å²) in [5.74, 6) is 0. The van der Waals surface area contributed by atoms with E-state index in [4.69, 9.17) is 0 Å². The van der Waals surface area contributed by atoms with Crippen molar-refractivity contribution in [2.24, 2.45) is 0 Å². The molecule has 0 spiro atoms. The number of para-hydroxylation sites is 4. The maximum absolute atomic E-state index is 2.53. The van der Waals surface area contributed by atoms with E-state index in [1.165, 1.54) is 65.1 Å². The SMILES string of the molecule is C[Si]1(C)c2ccccc2-c2cc3c(cc21)c1ccccc1n3-c1ccc2c3cc(N(c4ccccc4)c4ccccc4)ccc3n(-c3ccccc3)c2c1. The van der Waals surface area contributed by atoms with Crippen LogP contribution in [0.4, 0.5) is 17.1 Å². The summed E-state index contributed by atoms with van der Waals surface area (Å²) in [6.07, 6.45) is 0. The Kier molecular flexibility index (Phi) is 6.70. The summed E-state index contributed by atoms with van der Waals surface area (Å²) in [7, 11) is -1.83. The average molecular weight is 708 g/mol. The Labute approximate surface area is 315 Å². The van der Waals surface area contributed by atoms with E-state index in [9.17, 15) is 0 Å². The lowest BCUT2D eigenvalue weighted by atomic mass is 10.0. The van der Waals surface area contributed by atoms with Gasteiger partial charge in [0.2, 0.25) is 0 Å². The zero-order chi connectivity index (χ0) is 36.0. The highest BCUT2D eigenvalue weighted by molar-refractivity contribution is 7.04. The molecule has 0 aliphatic carbocycles. The van der Waals surface area contributed by atoms with Gasteiger partial charge in [-0.3, -0.25) is 0 Å². The lowest BCUT2D eigenvalue weighted by Gasteiger charge is -2.25. The number of hydrogen-bond donors (Lipinski definition) is 0. The molecular weight excluding hydrogens is 671 g/mol. The normalized spacial score (nSPS) is 13.1. The highest BCUT2D eigenvalue weighted by Crippen LogP contribution is 2.42. The standard InChI is InChI=1S/C50H37N3Si/c1-54(2)49-25-15-13-23-41(49)44-32-48-43(33-50(44)54)39-22-12-14-24-45(39)53(48)38-26-28-40-42-30-37(51(34-16-6-3-7-17-34)35-18-8-4-9-19-35)27-29-46(42)52(47(40)31-38)36-20-10-5-11-21-36/h3-33H,1-2H3. The first-order chi connectivity index (χ1) is 26.6. The van der Waals surface area contributed by atoms with Crippen LogP contribution in [-0.2, 0) is 0 Å². The number of aromatic nitrogens is 2. The van der Waals surface area contributed by atoms with Crippen molar-refractivity contribution in [1.82, 2.24) is 9.13 Å². The van der Waals surface area contributed by atoms with Gasteiger partial charge in [-0.05, 0) is 100 Å². The Bertz CT molecular complexity index is 3030. The van der Waals surface area contributed by atoms with E-state index in [2.05, 4.69) is 215 Å². The highest BCUT2D eigenvalue weighted by atomic mass is 28.3. The van der Waals surface area contributed by atoms with Crippen LogP contribution in [0.25, 0.3) is 66.1 Å². The summed E-state index contributed by atoms with van der Waals surface area (Å²) < 4.78 is 4.92. The molecule has 8 aromatic carbocycles. The van der Waals surface area contributed by atoms with Gasteiger partial charge in [0, 0.05) is 50.0 Å². The van der Waals surface area contributed by atoms with Crippen molar-refractivity contribution in [2.45, 2.75) is 13.1 Å². The molecule has 0 saturated carbocycles. The molecule has 10 aromatic rings. The molecule has 11 rings (SSSR count). The third kappa shape index (κ3) is 4.47. The van der Waals surface area contributed by atoms with Crippen LogP contribution in [0.1, 0.15) is 0 Å². The van der Waals surface area contributed by atoms with Crippen LogP contribution in [0.2, 0.25) is 13.1 Å². The van der Waals surface area contributed by atoms with Crippen LogP contribution in [-0.4, -0.2) is 17.2 Å². The van der Waals surface area contributed by atoms with Gasteiger partial charge in [0.15, 0.2) is 0 Å². The van der Waals surface area contributed by atoms with Crippen LogP contribution >= 0.6 is 0 Å². The summed E-state index contributed by atoms with van der Waals surface area (Å²) in [4.78, 5) is 2.35. The largest absolute Gasteiger partial charge is 0.310 e. The number of nitrogens with zero attached hydrogens (tertiary/aromatic N) is 3. The Morgan fingerprint density at radius 3 is 1.69 bits per heavy atom. The predicted molar refractivity (Wildman–Crippen MR) is 232 cm³/mol. The molecule has 54 heavy (non-hydrogen) atoms. The second kappa shape index (κ2) is 11.7. The molecule has 0 saturated heterocycles. The molecule has 0 bridgehead atoms. The van der Waals surface area contributed by atoms with E-state index in [-0.39, 0.29) is 0 Å². The van der Waals surface area contributed by atoms with Gasteiger partial charge < -0.3 is 14.0 Å². The molecular formula is C50H37N3Si. The maximum atomic E-state index is 2.53. The van der Waals surface area contributed by atoms with Gasteiger partial charge in [0.1, 0.15) is 8.07 Å². The molecule has 0 radical (unpaired) electrons. The van der Waals surface area contributed by atoms with Crippen molar-refractivity contribution in [2.75, 3.05) is 4.90 Å². The number of anilines is 3. The van der Waals surface area contributed by atoms with Gasteiger partial charge in [0.25, 0.3) is 0 Å². The topological polar surface area (TPSA) is 13.1 Å². The predicted octanol–water partition coefficient (Wildman–Crippen LogP) is 12.2. The third-order valence-corrected chi connectivity index (χ3v) is 15.2. The summed E-state index contributed by atoms with van der Waals surface area (Å²) in [5, 5.41) is 8.14. The van der Waals surface area contributed by atoms with Gasteiger partial charge in [-0.1, -0.05) is 122 Å². The summed E-state index contributed by atoms with van der Waals surface area (Å²) in [6, 6.07) is 69.1. The molecule has 256 valence electrons.